The molecule has 0 aromatic carbocycles. The number of hydrogen-bond donors (Lipinski definition) is 1. The Hall–Kier alpha value is -0.190. The third-order valence-electron chi connectivity index (χ3n) is 3.01. The summed E-state index contributed by atoms with van der Waals surface area (Å²) in [5.41, 5.74) is 5.47. The van der Waals surface area contributed by atoms with Crippen LogP contribution in [0.25, 0.3) is 0 Å². The van der Waals surface area contributed by atoms with Crippen LogP contribution in [0, 0.1) is 5.92 Å². The molecule has 0 spiro atoms. The minimum absolute atomic E-state index is 0.643. The van der Waals surface area contributed by atoms with E-state index in [9.17, 15) is 0 Å². The van der Waals surface area contributed by atoms with Crippen molar-refractivity contribution in [2.24, 2.45) is 11.7 Å². The van der Waals surface area contributed by atoms with Crippen LogP contribution in [0.3, 0.4) is 0 Å². The molecular weight excluding hydrogens is 208 g/mol. The fraction of sp³-hybridized carbons (Fsp3) is 0.909. The number of methoxy groups -OCH3 is 1. The summed E-state index contributed by atoms with van der Waals surface area (Å²) in [5, 5.41) is 0. The van der Waals surface area contributed by atoms with E-state index in [4.69, 9.17) is 22.7 Å². The Morgan fingerprint density at radius 2 is 2.13 bits per heavy atom. The summed E-state index contributed by atoms with van der Waals surface area (Å²) in [5.74, 6) is 0.766. The van der Waals surface area contributed by atoms with Gasteiger partial charge in [-0.25, -0.2) is 0 Å². The van der Waals surface area contributed by atoms with Gasteiger partial charge in [0.15, 0.2) is 0 Å². The molecule has 0 saturated carbocycles. The van der Waals surface area contributed by atoms with Gasteiger partial charge in [-0.05, 0) is 51.2 Å². The van der Waals surface area contributed by atoms with Gasteiger partial charge < -0.3 is 15.4 Å². The SMILES string of the molecule is COCC1CCN(CCCC(N)=S)CC1. The van der Waals surface area contributed by atoms with E-state index in [1.807, 2.05) is 0 Å². The first-order chi connectivity index (χ1) is 7.22. The van der Waals surface area contributed by atoms with E-state index in [1.54, 1.807) is 7.11 Å². The summed E-state index contributed by atoms with van der Waals surface area (Å²) >= 11 is 4.86. The van der Waals surface area contributed by atoms with Gasteiger partial charge in [-0.1, -0.05) is 12.2 Å². The van der Waals surface area contributed by atoms with Gasteiger partial charge in [-0.3, -0.25) is 0 Å². The van der Waals surface area contributed by atoms with Crippen molar-refractivity contribution in [2.75, 3.05) is 33.4 Å². The Labute approximate surface area is 98.0 Å². The van der Waals surface area contributed by atoms with Crippen molar-refractivity contribution in [3.63, 3.8) is 0 Å². The second kappa shape index (κ2) is 7.14. The molecule has 1 heterocycles. The highest BCUT2D eigenvalue weighted by molar-refractivity contribution is 7.80. The maximum Gasteiger partial charge on any atom is 0.0727 e. The van der Waals surface area contributed by atoms with E-state index in [0.717, 1.165) is 31.9 Å². The smallest absolute Gasteiger partial charge is 0.0727 e. The van der Waals surface area contributed by atoms with Crippen molar-refractivity contribution in [2.45, 2.75) is 25.7 Å². The third-order valence-corrected chi connectivity index (χ3v) is 3.21. The Bertz CT molecular complexity index is 191. The number of piperidine rings is 1. The maximum atomic E-state index is 5.47. The van der Waals surface area contributed by atoms with Crippen LogP contribution in [0.5, 0.6) is 0 Å². The molecule has 0 amide bonds. The highest BCUT2D eigenvalue weighted by atomic mass is 32.1. The second-order valence-corrected chi connectivity index (χ2v) is 4.83. The van der Waals surface area contributed by atoms with Crippen LogP contribution in [0.2, 0.25) is 0 Å². The predicted molar refractivity (Wildman–Crippen MR) is 67.1 cm³/mol. The monoisotopic (exact) mass is 230 g/mol. The number of likely N-dealkylation sites (tertiary alicyclic amines) is 1. The molecule has 15 heavy (non-hydrogen) atoms. The van der Waals surface area contributed by atoms with Gasteiger partial charge in [-0.15, -0.1) is 0 Å². The van der Waals surface area contributed by atoms with Gasteiger partial charge >= 0.3 is 0 Å². The molecule has 0 bridgehead atoms. The van der Waals surface area contributed by atoms with E-state index in [1.165, 1.54) is 25.9 Å². The van der Waals surface area contributed by atoms with Crippen LogP contribution in [0.1, 0.15) is 25.7 Å². The summed E-state index contributed by atoms with van der Waals surface area (Å²) < 4.78 is 5.18. The Morgan fingerprint density at radius 3 is 2.67 bits per heavy atom. The molecule has 2 N–H and O–H groups in total. The molecule has 0 aromatic heterocycles. The number of hydrogen-bond acceptors (Lipinski definition) is 3. The Balaban J connectivity index is 2.06. The first-order valence-electron chi connectivity index (χ1n) is 5.72. The first-order valence-corrected chi connectivity index (χ1v) is 6.12. The van der Waals surface area contributed by atoms with E-state index >= 15 is 0 Å². The Morgan fingerprint density at radius 1 is 1.47 bits per heavy atom. The van der Waals surface area contributed by atoms with Crippen molar-refractivity contribution in [1.29, 1.82) is 0 Å². The molecular formula is C11H22N2OS. The largest absolute Gasteiger partial charge is 0.393 e. The van der Waals surface area contributed by atoms with Crippen molar-refractivity contribution in [3.05, 3.63) is 0 Å². The molecule has 0 aromatic rings. The van der Waals surface area contributed by atoms with Gasteiger partial charge in [0.25, 0.3) is 0 Å². The number of thiocarbonyl (C=S) groups is 1. The quantitative estimate of drug-likeness (QED) is 0.700. The van der Waals surface area contributed by atoms with Crippen LogP contribution >= 0.6 is 12.2 Å². The lowest BCUT2D eigenvalue weighted by atomic mass is 9.98. The van der Waals surface area contributed by atoms with Gasteiger partial charge in [0, 0.05) is 13.7 Å². The van der Waals surface area contributed by atoms with Crippen LogP contribution in [0.4, 0.5) is 0 Å². The number of ether oxygens (including phenoxy) is 1. The molecule has 1 rings (SSSR count). The number of rotatable bonds is 6. The first kappa shape index (κ1) is 12.9. The van der Waals surface area contributed by atoms with Crippen molar-refractivity contribution in [1.82, 2.24) is 4.90 Å². The molecule has 1 fully saturated rings. The average Bonchev–Trinajstić information content (AvgIpc) is 2.20. The lowest BCUT2D eigenvalue weighted by Gasteiger charge is -2.31. The van der Waals surface area contributed by atoms with Gasteiger partial charge in [0.05, 0.1) is 4.99 Å². The zero-order chi connectivity index (χ0) is 11.1. The summed E-state index contributed by atoms with van der Waals surface area (Å²) in [6, 6.07) is 0. The maximum absolute atomic E-state index is 5.47. The minimum atomic E-state index is 0.643. The molecule has 1 saturated heterocycles. The lowest BCUT2D eigenvalue weighted by Crippen LogP contribution is -2.35. The predicted octanol–water partition coefficient (Wildman–Crippen LogP) is 1.41. The van der Waals surface area contributed by atoms with Gasteiger partial charge in [0.2, 0.25) is 0 Å². The lowest BCUT2D eigenvalue weighted by molar-refractivity contribution is 0.0993. The average molecular weight is 230 g/mol. The summed E-state index contributed by atoms with van der Waals surface area (Å²) in [7, 11) is 1.79. The number of nitrogens with zero attached hydrogens (tertiary/aromatic N) is 1. The van der Waals surface area contributed by atoms with Crippen LogP contribution in [-0.2, 0) is 4.74 Å². The van der Waals surface area contributed by atoms with Crippen LogP contribution < -0.4 is 5.73 Å². The van der Waals surface area contributed by atoms with Gasteiger partial charge in [0.1, 0.15) is 0 Å². The van der Waals surface area contributed by atoms with E-state index < -0.39 is 0 Å². The summed E-state index contributed by atoms with van der Waals surface area (Å²) in [6.07, 6.45) is 4.51. The molecule has 88 valence electrons. The van der Waals surface area contributed by atoms with E-state index in [0.29, 0.717) is 4.99 Å². The van der Waals surface area contributed by atoms with E-state index in [-0.39, 0.29) is 0 Å². The van der Waals surface area contributed by atoms with Crippen molar-refractivity contribution in [3.8, 4) is 0 Å². The second-order valence-electron chi connectivity index (χ2n) is 4.31. The van der Waals surface area contributed by atoms with Crippen molar-refractivity contribution < 1.29 is 4.74 Å². The summed E-state index contributed by atoms with van der Waals surface area (Å²) in [6.45, 7) is 4.45. The Kier molecular flexibility index (Phi) is 6.13. The highest BCUT2D eigenvalue weighted by Gasteiger charge is 2.18. The van der Waals surface area contributed by atoms with E-state index in [2.05, 4.69) is 4.90 Å². The zero-order valence-corrected chi connectivity index (χ0v) is 10.4. The normalized spacial score (nSPS) is 19.3. The minimum Gasteiger partial charge on any atom is -0.393 e. The van der Waals surface area contributed by atoms with Crippen LogP contribution in [-0.4, -0.2) is 43.2 Å². The standard InChI is InChI=1S/C11H22N2OS/c1-14-9-10-4-7-13(8-5-10)6-2-3-11(12)15/h10H,2-9H2,1H3,(H2,12,15). The molecule has 0 aliphatic carbocycles. The molecule has 0 unspecified atom stereocenters. The zero-order valence-electron chi connectivity index (χ0n) is 9.58. The van der Waals surface area contributed by atoms with Crippen molar-refractivity contribution >= 4 is 17.2 Å². The molecule has 0 atom stereocenters. The van der Waals surface area contributed by atoms with Crippen LogP contribution in [0.15, 0.2) is 0 Å². The molecule has 1 aliphatic rings. The fourth-order valence-corrected chi connectivity index (χ4v) is 2.23. The topological polar surface area (TPSA) is 38.5 Å². The number of nitrogens with two attached hydrogens (primary N) is 1. The van der Waals surface area contributed by atoms with Gasteiger partial charge in [-0.2, -0.15) is 0 Å². The molecule has 3 nitrogen and oxygen atoms in total. The third kappa shape index (κ3) is 5.44. The highest BCUT2D eigenvalue weighted by Crippen LogP contribution is 2.17. The molecule has 1 aliphatic heterocycles. The molecule has 4 heteroatoms. The fourth-order valence-electron chi connectivity index (χ4n) is 2.09. The molecule has 0 radical (unpaired) electrons. The summed E-state index contributed by atoms with van der Waals surface area (Å²) in [4.78, 5) is 3.15.